The summed E-state index contributed by atoms with van der Waals surface area (Å²) < 4.78 is 6.54. The van der Waals surface area contributed by atoms with Crippen molar-refractivity contribution >= 4 is 11.6 Å². The molecule has 0 aromatic heterocycles. The maximum atomic E-state index is 13.2. The van der Waals surface area contributed by atoms with E-state index in [9.17, 15) is 9.59 Å². The summed E-state index contributed by atoms with van der Waals surface area (Å²) in [6.45, 7) is 10.7. The van der Waals surface area contributed by atoms with Gasteiger partial charge in [-0.2, -0.15) is 0 Å². The molecule has 1 aromatic carbocycles. The Labute approximate surface area is 162 Å². The predicted octanol–water partition coefficient (Wildman–Crippen LogP) is 4.86. The highest BCUT2D eigenvalue weighted by Gasteiger charge is 2.57. The molecule has 0 spiro atoms. The van der Waals surface area contributed by atoms with Gasteiger partial charge in [-0.05, 0) is 36.2 Å². The van der Waals surface area contributed by atoms with Crippen molar-refractivity contribution in [2.75, 3.05) is 0 Å². The molecule has 0 amide bonds. The number of ether oxygens (including phenoxy) is 1. The Morgan fingerprint density at radius 3 is 1.67 bits per heavy atom. The number of fused-ring (bicyclic) bond motifs is 2. The van der Waals surface area contributed by atoms with Gasteiger partial charge >= 0.3 is 0 Å². The summed E-state index contributed by atoms with van der Waals surface area (Å²) >= 11 is 0. The van der Waals surface area contributed by atoms with E-state index in [1.807, 2.05) is 0 Å². The van der Waals surface area contributed by atoms with E-state index in [1.165, 1.54) is 5.56 Å². The van der Waals surface area contributed by atoms with E-state index in [-0.39, 0.29) is 52.4 Å². The van der Waals surface area contributed by atoms with Crippen molar-refractivity contribution in [1.29, 1.82) is 0 Å². The highest BCUT2D eigenvalue weighted by atomic mass is 16.5. The molecule has 3 heteroatoms. The third kappa shape index (κ3) is 3.40. The highest BCUT2D eigenvalue weighted by molar-refractivity contribution is 5.89. The van der Waals surface area contributed by atoms with Gasteiger partial charge in [0.05, 0.1) is 24.0 Å². The maximum absolute atomic E-state index is 13.2. The molecule has 3 nitrogen and oxygen atoms in total. The fraction of sp³-hybridized carbons (Fsp3) is 0.667. The largest absolute Gasteiger partial charge is 0.373 e. The Bertz CT molecular complexity index is 716. The second kappa shape index (κ2) is 6.27. The summed E-state index contributed by atoms with van der Waals surface area (Å²) in [7, 11) is 0. The van der Waals surface area contributed by atoms with Crippen LogP contribution in [0.25, 0.3) is 0 Å². The van der Waals surface area contributed by atoms with Gasteiger partial charge in [0, 0.05) is 18.8 Å². The third-order valence-corrected chi connectivity index (χ3v) is 6.94. The van der Waals surface area contributed by atoms with Crippen molar-refractivity contribution in [3.05, 3.63) is 35.4 Å². The zero-order valence-electron chi connectivity index (χ0n) is 17.2. The van der Waals surface area contributed by atoms with Gasteiger partial charge in [0.2, 0.25) is 0 Å². The van der Waals surface area contributed by atoms with E-state index < -0.39 is 0 Å². The van der Waals surface area contributed by atoms with Crippen molar-refractivity contribution in [3.63, 3.8) is 0 Å². The van der Waals surface area contributed by atoms with Crippen molar-refractivity contribution in [2.45, 2.75) is 78.4 Å². The Hall–Kier alpha value is -1.48. The number of carbonyl (C=O) groups is 2. The molecular formula is C24H32O3. The minimum atomic E-state index is -0.188. The number of carbonyl (C=O) groups excluding carboxylic acids is 2. The van der Waals surface area contributed by atoms with Crippen LogP contribution in [-0.4, -0.2) is 23.8 Å². The average molecular weight is 369 g/mol. The van der Waals surface area contributed by atoms with Gasteiger partial charge in [0.1, 0.15) is 11.6 Å². The molecule has 2 aliphatic carbocycles. The molecule has 2 saturated carbocycles. The zero-order valence-corrected chi connectivity index (χ0v) is 17.2. The molecule has 0 N–H and O–H groups in total. The molecule has 146 valence electrons. The summed E-state index contributed by atoms with van der Waals surface area (Å²) in [5.74, 6) is 0.136. The number of benzene rings is 1. The van der Waals surface area contributed by atoms with Crippen molar-refractivity contribution in [1.82, 2.24) is 0 Å². The van der Waals surface area contributed by atoms with Crippen molar-refractivity contribution in [3.8, 4) is 0 Å². The topological polar surface area (TPSA) is 43.4 Å². The van der Waals surface area contributed by atoms with Crippen LogP contribution in [-0.2, 0) is 14.3 Å². The molecule has 3 aliphatic rings. The first kappa shape index (κ1) is 18.9. The van der Waals surface area contributed by atoms with Gasteiger partial charge in [-0.25, -0.2) is 0 Å². The fourth-order valence-electron chi connectivity index (χ4n) is 5.86. The number of rotatable bonds is 1. The van der Waals surface area contributed by atoms with Gasteiger partial charge in [0.25, 0.3) is 0 Å². The van der Waals surface area contributed by atoms with Crippen LogP contribution in [0.2, 0.25) is 0 Å². The van der Waals surface area contributed by atoms with E-state index in [4.69, 9.17) is 4.74 Å². The first-order valence-corrected chi connectivity index (χ1v) is 10.3. The minimum absolute atomic E-state index is 0.0306. The molecule has 1 aliphatic heterocycles. The first-order valence-electron chi connectivity index (χ1n) is 10.3. The van der Waals surface area contributed by atoms with Gasteiger partial charge < -0.3 is 4.74 Å². The molecule has 4 atom stereocenters. The van der Waals surface area contributed by atoms with Gasteiger partial charge in [-0.3, -0.25) is 9.59 Å². The van der Waals surface area contributed by atoms with Crippen LogP contribution in [0.4, 0.5) is 0 Å². The lowest BCUT2D eigenvalue weighted by Crippen LogP contribution is -2.58. The van der Waals surface area contributed by atoms with Crippen LogP contribution in [0.3, 0.4) is 0 Å². The summed E-state index contributed by atoms with van der Waals surface area (Å²) in [6, 6.07) is 8.45. The Balaban J connectivity index is 1.79. The van der Waals surface area contributed by atoms with Gasteiger partial charge in [0.15, 0.2) is 0 Å². The number of hydrogen-bond acceptors (Lipinski definition) is 3. The van der Waals surface area contributed by atoms with E-state index in [0.29, 0.717) is 12.8 Å². The highest BCUT2D eigenvalue weighted by Crippen LogP contribution is 2.54. The lowest BCUT2D eigenvalue weighted by atomic mass is 9.56. The molecule has 27 heavy (non-hydrogen) atoms. The minimum Gasteiger partial charge on any atom is -0.373 e. The molecule has 1 aromatic rings. The summed E-state index contributed by atoms with van der Waals surface area (Å²) in [4.78, 5) is 26.4. The predicted molar refractivity (Wildman–Crippen MR) is 106 cm³/mol. The van der Waals surface area contributed by atoms with E-state index in [0.717, 1.165) is 18.4 Å². The van der Waals surface area contributed by atoms with Crippen LogP contribution in [0, 0.1) is 29.6 Å². The zero-order chi connectivity index (χ0) is 19.6. The van der Waals surface area contributed by atoms with Crippen LogP contribution in [0.5, 0.6) is 0 Å². The lowest BCUT2D eigenvalue weighted by Gasteiger charge is -2.54. The fourth-order valence-corrected chi connectivity index (χ4v) is 5.86. The number of hydrogen-bond donors (Lipinski definition) is 0. The van der Waals surface area contributed by atoms with E-state index >= 15 is 0 Å². The quantitative estimate of drug-likeness (QED) is 0.711. The molecule has 1 saturated heterocycles. The number of aryl methyl sites for hydroxylation is 1. The van der Waals surface area contributed by atoms with E-state index in [1.54, 1.807) is 0 Å². The van der Waals surface area contributed by atoms with Crippen LogP contribution in [0.15, 0.2) is 24.3 Å². The molecule has 1 heterocycles. The Morgan fingerprint density at radius 2 is 1.22 bits per heavy atom. The second-order valence-electron chi connectivity index (χ2n) is 10.7. The molecule has 3 fully saturated rings. The standard InChI is InChI=1S/C24H32O3/c1-14-6-8-15(9-7-14)20-21-16(25)10-23(2,3)12-18(21)27-19-13-24(4,5)11-17(26)22(19)20/h6-9,18-22H,10-13H2,1-5H3. The van der Waals surface area contributed by atoms with Gasteiger partial charge in [-0.15, -0.1) is 0 Å². The van der Waals surface area contributed by atoms with Gasteiger partial charge in [-0.1, -0.05) is 57.5 Å². The summed E-state index contributed by atoms with van der Waals surface area (Å²) in [5, 5.41) is 0. The third-order valence-electron chi connectivity index (χ3n) is 6.94. The smallest absolute Gasteiger partial charge is 0.139 e. The van der Waals surface area contributed by atoms with Crippen LogP contribution >= 0.6 is 0 Å². The van der Waals surface area contributed by atoms with Crippen molar-refractivity contribution < 1.29 is 14.3 Å². The summed E-state index contributed by atoms with van der Waals surface area (Å²) in [5.41, 5.74) is 2.27. The molecule has 0 radical (unpaired) electrons. The molecule has 0 bridgehead atoms. The Morgan fingerprint density at radius 1 is 0.778 bits per heavy atom. The number of Topliss-reactive ketones (excluding diaryl/α,β-unsaturated/α-hetero) is 2. The molecular weight excluding hydrogens is 336 g/mol. The average Bonchev–Trinajstić information content (AvgIpc) is 2.51. The number of ketones is 2. The maximum Gasteiger partial charge on any atom is 0.139 e. The second-order valence-corrected chi connectivity index (χ2v) is 10.7. The lowest BCUT2D eigenvalue weighted by molar-refractivity contribution is -0.186. The SMILES string of the molecule is Cc1ccc(C2C3C(=O)CC(C)(C)CC3OC3CC(C)(C)CC(=O)C32)cc1. The van der Waals surface area contributed by atoms with Crippen LogP contribution < -0.4 is 0 Å². The first-order chi connectivity index (χ1) is 12.6. The van der Waals surface area contributed by atoms with E-state index in [2.05, 4.69) is 58.9 Å². The van der Waals surface area contributed by atoms with Crippen molar-refractivity contribution in [2.24, 2.45) is 22.7 Å². The monoisotopic (exact) mass is 368 g/mol. The molecule has 4 rings (SSSR count). The molecule has 4 unspecified atom stereocenters. The van der Waals surface area contributed by atoms with Crippen LogP contribution in [0.1, 0.15) is 70.4 Å². The summed E-state index contributed by atoms with van der Waals surface area (Å²) in [6.07, 6.45) is 2.80. The Kier molecular flexibility index (Phi) is 4.38. The normalized spacial score (nSPS) is 37.4.